The molecule has 0 aromatic carbocycles. The smallest absolute Gasteiger partial charge is 0.0603 e. The molecule has 1 atom stereocenters. The van der Waals surface area contributed by atoms with Crippen molar-refractivity contribution in [1.82, 2.24) is 17.8 Å². The third-order valence-corrected chi connectivity index (χ3v) is 8.85. The lowest BCUT2D eigenvalue weighted by molar-refractivity contribution is -0.0545. The van der Waals surface area contributed by atoms with Crippen LogP contribution in [-0.2, 0) is 4.74 Å². The maximum absolute atomic E-state index is 6.46. The van der Waals surface area contributed by atoms with Gasteiger partial charge in [-0.25, -0.2) is 3.11 Å². The van der Waals surface area contributed by atoms with Gasteiger partial charge in [-0.3, -0.25) is 0 Å². The first kappa shape index (κ1) is 22.7. The summed E-state index contributed by atoms with van der Waals surface area (Å²) in [5, 5.41) is 0. The van der Waals surface area contributed by atoms with E-state index in [9.17, 15) is 0 Å². The summed E-state index contributed by atoms with van der Waals surface area (Å²) in [5.41, 5.74) is 0. The minimum absolute atomic E-state index is 0.528. The van der Waals surface area contributed by atoms with E-state index >= 15 is 0 Å². The van der Waals surface area contributed by atoms with Gasteiger partial charge in [-0.2, -0.15) is 0 Å². The Hall–Kier alpha value is 0.530. The number of ether oxygens (including phenoxy) is 1. The Labute approximate surface area is 193 Å². The van der Waals surface area contributed by atoms with Crippen molar-refractivity contribution in [3.05, 3.63) is 0 Å². The molecule has 0 aromatic rings. The molecular weight excluding hydrogens is 475 g/mol. The molecule has 168 valence electrons. The third kappa shape index (κ3) is 7.01. The van der Waals surface area contributed by atoms with Crippen molar-refractivity contribution >= 4 is 22.9 Å². The van der Waals surface area contributed by atoms with Gasteiger partial charge in [0.25, 0.3) is 0 Å². The van der Waals surface area contributed by atoms with Gasteiger partial charge < -0.3 is 19.4 Å². The first-order valence-electron chi connectivity index (χ1n) is 12.4. The van der Waals surface area contributed by atoms with Gasteiger partial charge in [0, 0.05) is 81.8 Å². The van der Waals surface area contributed by atoms with Crippen LogP contribution in [0, 0.1) is 11.8 Å². The molecule has 0 amide bonds. The molecular formula is C23H43IN4O. The average molecular weight is 519 g/mol. The molecule has 3 saturated heterocycles. The fraction of sp³-hybridized carbons (Fsp3) is 1.00. The summed E-state index contributed by atoms with van der Waals surface area (Å²) in [4.78, 5) is 8.12. The minimum Gasteiger partial charge on any atom is -0.375 e. The number of nitrogens with zero attached hydrogens (tertiary/aromatic N) is 4. The van der Waals surface area contributed by atoms with Crippen molar-refractivity contribution in [2.24, 2.45) is 11.8 Å². The van der Waals surface area contributed by atoms with Crippen molar-refractivity contribution < 1.29 is 4.74 Å². The zero-order chi connectivity index (χ0) is 20.1. The van der Waals surface area contributed by atoms with Crippen LogP contribution in [0.15, 0.2) is 0 Å². The van der Waals surface area contributed by atoms with Crippen LogP contribution in [-0.4, -0.2) is 102 Å². The van der Waals surface area contributed by atoms with Crippen LogP contribution in [0.4, 0.5) is 0 Å². The van der Waals surface area contributed by atoms with Gasteiger partial charge in [-0.05, 0) is 69.9 Å². The van der Waals surface area contributed by atoms with E-state index in [2.05, 4.69) is 47.6 Å². The van der Waals surface area contributed by atoms with Crippen molar-refractivity contribution in [2.75, 3.05) is 72.0 Å². The average Bonchev–Trinajstić information content (AvgIpc) is 3.20. The summed E-state index contributed by atoms with van der Waals surface area (Å²) < 4.78 is 8.86. The van der Waals surface area contributed by atoms with Gasteiger partial charge >= 0.3 is 0 Å². The number of halogens is 1. The van der Waals surface area contributed by atoms with Gasteiger partial charge in [0.15, 0.2) is 0 Å². The molecule has 5 nitrogen and oxygen atoms in total. The minimum atomic E-state index is 0.528. The van der Waals surface area contributed by atoms with Crippen LogP contribution in [0.1, 0.15) is 51.9 Å². The number of piperazine rings is 1. The van der Waals surface area contributed by atoms with E-state index < -0.39 is 0 Å². The van der Waals surface area contributed by atoms with Gasteiger partial charge in [-0.15, -0.1) is 0 Å². The summed E-state index contributed by atoms with van der Waals surface area (Å²) >= 11 is 2.45. The molecule has 0 unspecified atom stereocenters. The lowest BCUT2D eigenvalue weighted by Crippen LogP contribution is -2.49. The summed E-state index contributed by atoms with van der Waals surface area (Å²) in [6, 6.07) is 0. The Morgan fingerprint density at radius 3 is 1.83 bits per heavy atom. The molecule has 4 aliphatic rings. The van der Waals surface area contributed by atoms with Crippen molar-refractivity contribution in [3.63, 3.8) is 0 Å². The summed E-state index contributed by atoms with van der Waals surface area (Å²) in [5.74, 6) is 1.83. The molecule has 0 spiro atoms. The maximum atomic E-state index is 6.46. The second-order valence-electron chi connectivity index (χ2n) is 10.0. The van der Waals surface area contributed by atoms with Crippen molar-refractivity contribution in [1.29, 1.82) is 0 Å². The standard InChI is InChI=1S/C23H43IN4O/c1-2-25-10-7-21(18-25)19-27-15-13-26(14-16-27)17-20-3-5-22(6-4-20)29-23-8-11-28(24)12-9-23/h20-23H,2-19H2,1H3/t20-,21-,22-/m0/s1. The third-order valence-electron chi connectivity index (χ3n) is 7.88. The zero-order valence-electron chi connectivity index (χ0n) is 18.6. The molecule has 4 rings (SSSR count). The fourth-order valence-corrected chi connectivity index (χ4v) is 6.47. The number of hydrogen-bond donors (Lipinski definition) is 0. The van der Waals surface area contributed by atoms with E-state index in [-0.39, 0.29) is 0 Å². The first-order valence-corrected chi connectivity index (χ1v) is 13.4. The SMILES string of the molecule is CCN1CC[C@H](CN2CCN(C[C@H]3CC[C@H](OC4CCN(I)CC4)CC3)CC2)C1. The zero-order valence-corrected chi connectivity index (χ0v) is 20.8. The number of hydrogen-bond acceptors (Lipinski definition) is 5. The van der Waals surface area contributed by atoms with Crippen molar-refractivity contribution in [3.8, 4) is 0 Å². The molecule has 3 heterocycles. The lowest BCUT2D eigenvalue weighted by atomic mass is 9.86. The molecule has 0 bridgehead atoms. The first-order chi connectivity index (χ1) is 14.2. The van der Waals surface area contributed by atoms with E-state index in [1.54, 1.807) is 0 Å². The van der Waals surface area contributed by atoms with Crippen LogP contribution < -0.4 is 0 Å². The molecule has 3 aliphatic heterocycles. The molecule has 0 N–H and O–H groups in total. The van der Waals surface area contributed by atoms with Crippen LogP contribution in [0.5, 0.6) is 0 Å². The molecule has 1 saturated carbocycles. The molecule has 4 fully saturated rings. The van der Waals surface area contributed by atoms with Crippen LogP contribution in [0.2, 0.25) is 0 Å². The highest BCUT2D eigenvalue weighted by Gasteiger charge is 2.29. The highest BCUT2D eigenvalue weighted by atomic mass is 127. The van der Waals surface area contributed by atoms with Gasteiger partial charge in [0.05, 0.1) is 12.2 Å². The van der Waals surface area contributed by atoms with Crippen molar-refractivity contribution in [2.45, 2.75) is 64.1 Å². The predicted octanol–water partition coefficient (Wildman–Crippen LogP) is 3.34. The largest absolute Gasteiger partial charge is 0.375 e. The van der Waals surface area contributed by atoms with Crippen LogP contribution in [0.3, 0.4) is 0 Å². The Bertz CT molecular complexity index is 449. The molecule has 0 radical (unpaired) electrons. The summed E-state index contributed by atoms with van der Waals surface area (Å²) in [7, 11) is 0. The number of piperidine rings is 1. The summed E-state index contributed by atoms with van der Waals surface area (Å²) in [6.45, 7) is 16.4. The van der Waals surface area contributed by atoms with Gasteiger partial charge in [0.2, 0.25) is 0 Å². The summed E-state index contributed by atoms with van der Waals surface area (Å²) in [6.07, 6.45) is 10.3. The Morgan fingerprint density at radius 1 is 0.655 bits per heavy atom. The van der Waals surface area contributed by atoms with E-state index in [0.717, 1.165) is 11.8 Å². The second kappa shape index (κ2) is 11.4. The Kier molecular flexibility index (Phi) is 8.94. The van der Waals surface area contributed by atoms with E-state index in [1.807, 2.05) is 0 Å². The lowest BCUT2D eigenvalue weighted by Gasteiger charge is -2.39. The van der Waals surface area contributed by atoms with E-state index in [4.69, 9.17) is 4.74 Å². The van der Waals surface area contributed by atoms with Crippen LogP contribution >= 0.6 is 22.9 Å². The highest BCUT2D eigenvalue weighted by Crippen LogP contribution is 2.30. The topological polar surface area (TPSA) is 22.2 Å². The monoisotopic (exact) mass is 518 g/mol. The molecule has 6 heteroatoms. The fourth-order valence-electron chi connectivity index (χ4n) is 5.92. The van der Waals surface area contributed by atoms with E-state index in [0.29, 0.717) is 12.2 Å². The molecule has 29 heavy (non-hydrogen) atoms. The van der Waals surface area contributed by atoms with Gasteiger partial charge in [-0.1, -0.05) is 6.92 Å². The quantitative estimate of drug-likeness (QED) is 0.380. The normalized spacial score (nSPS) is 34.8. The van der Waals surface area contributed by atoms with Crippen LogP contribution in [0.25, 0.3) is 0 Å². The van der Waals surface area contributed by atoms with Gasteiger partial charge in [0.1, 0.15) is 0 Å². The Morgan fingerprint density at radius 2 is 1.24 bits per heavy atom. The molecule has 0 aromatic heterocycles. The second-order valence-corrected chi connectivity index (χ2v) is 11.4. The number of likely N-dealkylation sites (tertiary alicyclic amines) is 1. The van der Waals surface area contributed by atoms with E-state index in [1.165, 1.54) is 117 Å². The predicted molar refractivity (Wildman–Crippen MR) is 129 cm³/mol. The highest BCUT2D eigenvalue weighted by molar-refractivity contribution is 14.1. The Balaban J connectivity index is 1.08. The number of rotatable bonds is 7. The molecule has 1 aliphatic carbocycles. The maximum Gasteiger partial charge on any atom is 0.0603 e.